The third-order valence-electron chi connectivity index (χ3n) is 5.06. The van der Waals surface area contributed by atoms with Crippen molar-refractivity contribution in [3.8, 4) is 0 Å². The number of nitrogens with zero attached hydrogens (tertiary/aromatic N) is 4. The van der Waals surface area contributed by atoms with Crippen LogP contribution in [0.3, 0.4) is 0 Å². The minimum atomic E-state index is -4.63. The first-order valence-electron chi connectivity index (χ1n) is 8.87. The van der Waals surface area contributed by atoms with Crippen LogP contribution < -0.4 is 10.4 Å². The van der Waals surface area contributed by atoms with Crippen LogP contribution in [0.5, 0.6) is 0 Å². The van der Waals surface area contributed by atoms with E-state index in [1.165, 1.54) is 17.0 Å². The fourth-order valence-electron chi connectivity index (χ4n) is 3.69. The van der Waals surface area contributed by atoms with Gasteiger partial charge in [-0.15, -0.1) is 5.12 Å². The zero-order valence-corrected chi connectivity index (χ0v) is 16.3. The number of aromatic amines is 1. The van der Waals surface area contributed by atoms with Crippen LogP contribution in [0, 0.1) is 0 Å². The van der Waals surface area contributed by atoms with Crippen molar-refractivity contribution in [2.45, 2.75) is 25.6 Å². The van der Waals surface area contributed by atoms with E-state index >= 15 is 0 Å². The number of hydrazine groups is 2. The molecule has 1 atom stereocenters. The molecule has 0 aliphatic carbocycles. The van der Waals surface area contributed by atoms with E-state index < -0.39 is 22.7 Å². The van der Waals surface area contributed by atoms with Crippen molar-refractivity contribution in [3.05, 3.63) is 58.0 Å². The first kappa shape index (κ1) is 19.6. The minimum absolute atomic E-state index is 0.158. The normalized spacial score (nSPS) is 20.1. The fourth-order valence-corrected chi connectivity index (χ4v) is 4.00. The molecule has 1 aromatic heterocycles. The zero-order valence-electron chi connectivity index (χ0n) is 15.6. The summed E-state index contributed by atoms with van der Waals surface area (Å²) in [6.07, 6.45) is -2.48. The van der Waals surface area contributed by atoms with Gasteiger partial charge in [-0.05, 0) is 19.1 Å². The Labute approximate surface area is 169 Å². The van der Waals surface area contributed by atoms with Gasteiger partial charge in [-0.1, -0.05) is 17.7 Å². The number of hydrogen-bond donors (Lipinski definition) is 2. The molecule has 11 heteroatoms. The number of amides is 1. The summed E-state index contributed by atoms with van der Waals surface area (Å²) in [7, 11) is 1.82. The van der Waals surface area contributed by atoms with Crippen LogP contribution in [0.2, 0.25) is 5.02 Å². The van der Waals surface area contributed by atoms with E-state index in [9.17, 15) is 18.0 Å². The molecule has 0 spiro atoms. The lowest BCUT2D eigenvalue weighted by Crippen LogP contribution is -2.44. The summed E-state index contributed by atoms with van der Waals surface area (Å²) in [5, 5.41) is 9.96. The predicted molar refractivity (Wildman–Crippen MR) is 101 cm³/mol. The van der Waals surface area contributed by atoms with Gasteiger partial charge in [-0.25, -0.2) is 5.01 Å². The molecule has 4 rings (SSSR count). The van der Waals surface area contributed by atoms with Crippen LogP contribution in [-0.4, -0.2) is 45.8 Å². The Morgan fingerprint density at radius 1 is 1.31 bits per heavy atom. The van der Waals surface area contributed by atoms with E-state index in [4.69, 9.17) is 11.6 Å². The quantitative estimate of drug-likeness (QED) is 0.770. The van der Waals surface area contributed by atoms with E-state index in [-0.39, 0.29) is 18.2 Å². The zero-order chi connectivity index (χ0) is 20.9. The molecule has 7 nitrogen and oxygen atoms in total. The number of rotatable bonds is 2. The Balaban J connectivity index is 1.64. The van der Waals surface area contributed by atoms with Crippen LogP contribution >= 0.6 is 11.6 Å². The highest BCUT2D eigenvalue weighted by molar-refractivity contribution is 6.34. The summed E-state index contributed by atoms with van der Waals surface area (Å²) in [5.41, 5.74) is 3.76. The van der Waals surface area contributed by atoms with Gasteiger partial charge in [0.25, 0.3) is 5.91 Å². The van der Waals surface area contributed by atoms with Crippen molar-refractivity contribution in [1.29, 1.82) is 0 Å². The molecule has 2 N–H and O–H groups in total. The maximum Gasteiger partial charge on any atom is 0.417 e. The van der Waals surface area contributed by atoms with Crippen molar-refractivity contribution in [2.24, 2.45) is 0 Å². The molecule has 0 saturated heterocycles. The summed E-state index contributed by atoms with van der Waals surface area (Å²) in [6, 6.07) is 4.96. The molecule has 2 aliphatic heterocycles. The second kappa shape index (κ2) is 6.96. The number of carbonyl (C=O) groups is 1. The highest BCUT2D eigenvalue weighted by Crippen LogP contribution is 2.38. The number of H-pyrrole nitrogens is 1. The second-order valence-corrected chi connectivity index (χ2v) is 7.34. The van der Waals surface area contributed by atoms with Crippen molar-refractivity contribution in [2.75, 3.05) is 18.6 Å². The molecule has 0 saturated carbocycles. The molecule has 2 aromatic rings. The number of anilines is 1. The Morgan fingerprint density at radius 3 is 2.72 bits per heavy atom. The Bertz CT molecular complexity index is 974. The maximum absolute atomic E-state index is 13.2. The fraction of sp³-hybridized carbons (Fsp3) is 0.333. The summed E-state index contributed by atoms with van der Waals surface area (Å²) in [6.45, 7) is 2.07. The highest BCUT2D eigenvalue weighted by Gasteiger charge is 2.40. The topological polar surface area (TPSA) is 67.5 Å². The monoisotopic (exact) mass is 426 g/mol. The number of aromatic nitrogens is 2. The van der Waals surface area contributed by atoms with Crippen LogP contribution in [0.1, 0.15) is 29.3 Å². The molecular formula is C18H18ClF3N6O. The molecule has 1 amide bonds. The lowest BCUT2D eigenvalue weighted by atomic mass is 10.0. The van der Waals surface area contributed by atoms with Crippen LogP contribution in [-0.2, 0) is 6.18 Å². The van der Waals surface area contributed by atoms with Crippen molar-refractivity contribution in [1.82, 2.24) is 25.6 Å². The number of carbonyl (C=O) groups excluding carboxylic acids is 1. The predicted octanol–water partition coefficient (Wildman–Crippen LogP) is 3.40. The lowest BCUT2D eigenvalue weighted by molar-refractivity contribution is -0.137. The smallest absolute Gasteiger partial charge is 0.330 e. The van der Waals surface area contributed by atoms with Gasteiger partial charge in [0.1, 0.15) is 5.82 Å². The summed E-state index contributed by atoms with van der Waals surface area (Å²) in [5.74, 6) is 0.225. The second-order valence-electron chi connectivity index (χ2n) is 6.97. The van der Waals surface area contributed by atoms with Gasteiger partial charge in [0, 0.05) is 25.6 Å². The molecule has 0 bridgehead atoms. The standard InChI is InChI=1S/C18H18ClF3N6O/c1-10-8-14-13(25-26(2)28(14)15-6-7-23-24-15)9-27(10)17(29)11-4-3-5-12(16(11)19)18(20,21)22/h3-7,10,25H,8-9H2,1-2H3,(H,23,24). The van der Waals surface area contributed by atoms with Gasteiger partial charge in [-0.3, -0.25) is 9.89 Å². The summed E-state index contributed by atoms with van der Waals surface area (Å²) in [4.78, 5) is 14.6. The molecule has 0 radical (unpaired) electrons. The van der Waals surface area contributed by atoms with Crippen molar-refractivity contribution < 1.29 is 18.0 Å². The Kier molecular flexibility index (Phi) is 4.70. The van der Waals surface area contributed by atoms with E-state index in [1.54, 1.807) is 11.3 Å². The van der Waals surface area contributed by atoms with E-state index in [1.807, 2.05) is 25.0 Å². The van der Waals surface area contributed by atoms with Crippen molar-refractivity contribution >= 4 is 23.3 Å². The molecule has 154 valence electrons. The van der Waals surface area contributed by atoms with Gasteiger partial charge in [0.05, 0.1) is 40.3 Å². The number of halogens is 4. The molecule has 29 heavy (non-hydrogen) atoms. The lowest BCUT2D eigenvalue weighted by Gasteiger charge is -2.35. The number of nitrogens with one attached hydrogen (secondary N) is 2. The molecule has 1 aromatic carbocycles. The largest absolute Gasteiger partial charge is 0.417 e. The highest BCUT2D eigenvalue weighted by atomic mass is 35.5. The molecular weight excluding hydrogens is 409 g/mol. The van der Waals surface area contributed by atoms with Crippen LogP contribution in [0.25, 0.3) is 0 Å². The van der Waals surface area contributed by atoms with E-state index in [0.717, 1.165) is 23.3 Å². The SMILES string of the molecule is CC1CC2=C(CN1C(=O)c1cccc(C(F)(F)F)c1Cl)NN(C)N2c1ccn[nH]1. The van der Waals surface area contributed by atoms with Crippen LogP contribution in [0.4, 0.5) is 19.0 Å². The average Bonchev–Trinajstić information content (AvgIpc) is 3.26. The maximum atomic E-state index is 13.2. The van der Waals surface area contributed by atoms with Gasteiger partial charge >= 0.3 is 6.18 Å². The molecule has 0 fully saturated rings. The first-order chi connectivity index (χ1) is 13.7. The number of benzene rings is 1. The average molecular weight is 427 g/mol. The first-order valence-corrected chi connectivity index (χ1v) is 9.24. The van der Waals surface area contributed by atoms with Gasteiger partial charge < -0.3 is 10.3 Å². The Morgan fingerprint density at radius 2 is 2.07 bits per heavy atom. The molecule has 3 heterocycles. The third-order valence-corrected chi connectivity index (χ3v) is 5.47. The third kappa shape index (κ3) is 3.32. The number of alkyl halides is 3. The summed E-state index contributed by atoms with van der Waals surface area (Å²) >= 11 is 5.96. The summed E-state index contributed by atoms with van der Waals surface area (Å²) < 4.78 is 39.5. The van der Waals surface area contributed by atoms with E-state index in [0.29, 0.717) is 6.42 Å². The van der Waals surface area contributed by atoms with Gasteiger partial charge in [0.2, 0.25) is 0 Å². The van der Waals surface area contributed by atoms with Crippen molar-refractivity contribution in [3.63, 3.8) is 0 Å². The Hall–Kier alpha value is -2.72. The molecule has 1 unspecified atom stereocenters. The number of hydrogen-bond acceptors (Lipinski definition) is 5. The molecule has 2 aliphatic rings. The van der Waals surface area contributed by atoms with Gasteiger partial charge in [-0.2, -0.15) is 18.3 Å². The minimum Gasteiger partial charge on any atom is -0.330 e. The van der Waals surface area contributed by atoms with Gasteiger partial charge in [0.15, 0.2) is 0 Å². The van der Waals surface area contributed by atoms with E-state index in [2.05, 4.69) is 15.6 Å². The van der Waals surface area contributed by atoms with Crippen LogP contribution in [0.15, 0.2) is 41.9 Å².